The predicted molar refractivity (Wildman–Crippen MR) is 128 cm³/mol. The van der Waals surface area contributed by atoms with Gasteiger partial charge in [-0.2, -0.15) is 5.10 Å². The van der Waals surface area contributed by atoms with E-state index >= 15 is 0 Å². The molecule has 2 fully saturated rings. The molecule has 0 spiro atoms. The molecule has 4 aromatic heterocycles. The summed E-state index contributed by atoms with van der Waals surface area (Å²) in [4.78, 5) is 13.2. The topological polar surface area (TPSA) is 98.5 Å². The first kappa shape index (κ1) is 21.0. The van der Waals surface area contributed by atoms with Crippen LogP contribution in [0.2, 0.25) is 0 Å². The van der Waals surface area contributed by atoms with E-state index in [-0.39, 0.29) is 6.10 Å². The Labute approximate surface area is 197 Å². The van der Waals surface area contributed by atoms with E-state index in [4.69, 9.17) is 9.47 Å². The molecule has 0 aromatic carbocycles. The Bertz CT molecular complexity index is 1310. The fraction of sp³-hybridized carbons (Fsp3) is 0.360. The lowest BCUT2D eigenvalue weighted by molar-refractivity contribution is -0.0122. The zero-order chi connectivity index (χ0) is 23.1. The summed E-state index contributed by atoms with van der Waals surface area (Å²) in [5, 5.41) is 11.6. The molecule has 2 saturated heterocycles. The number of hydrogen-bond donors (Lipinski definition) is 2. The van der Waals surface area contributed by atoms with E-state index in [0.717, 1.165) is 59.8 Å². The smallest absolute Gasteiger partial charge is 0.154 e. The van der Waals surface area contributed by atoms with Crippen molar-refractivity contribution in [1.29, 1.82) is 0 Å². The van der Waals surface area contributed by atoms with Gasteiger partial charge in [0.2, 0.25) is 0 Å². The minimum Gasteiger partial charge on any atom is -0.488 e. The Morgan fingerprint density at radius 3 is 2.59 bits per heavy atom. The van der Waals surface area contributed by atoms with Crippen LogP contribution >= 0.6 is 0 Å². The van der Waals surface area contributed by atoms with Crippen molar-refractivity contribution in [1.82, 2.24) is 29.9 Å². The van der Waals surface area contributed by atoms with Gasteiger partial charge < -0.3 is 20.1 Å². The summed E-state index contributed by atoms with van der Waals surface area (Å²) >= 11 is 0. The number of nitrogens with one attached hydrogen (secondary N) is 2. The Kier molecular flexibility index (Phi) is 5.35. The third kappa shape index (κ3) is 4.20. The van der Waals surface area contributed by atoms with Crippen LogP contribution in [0.15, 0.2) is 49.1 Å². The fourth-order valence-electron chi connectivity index (χ4n) is 4.81. The standard InChI is InChI=1S/C25H27N7O2/c1-15-6-21(23(11-26-15)34-19-7-17-13-33-14-18(8-19)29-17)20-4-3-5-32-22(20)9-24(31-32)30-25-12-27-16(2)10-28-25/h3-6,9-12,17-19,29H,7-8,13-14H2,1-2H3,(H,28,30,31). The van der Waals surface area contributed by atoms with Gasteiger partial charge in [0.05, 0.1) is 43.0 Å². The van der Waals surface area contributed by atoms with Gasteiger partial charge in [0.1, 0.15) is 17.7 Å². The molecule has 2 N–H and O–H groups in total. The maximum atomic E-state index is 6.57. The van der Waals surface area contributed by atoms with Gasteiger partial charge in [0.15, 0.2) is 5.82 Å². The molecule has 6 heterocycles. The van der Waals surface area contributed by atoms with Crippen LogP contribution in [0.5, 0.6) is 5.75 Å². The van der Waals surface area contributed by atoms with Crippen molar-refractivity contribution >= 4 is 17.2 Å². The lowest BCUT2D eigenvalue weighted by Crippen LogP contribution is -2.56. The molecule has 9 nitrogen and oxygen atoms in total. The van der Waals surface area contributed by atoms with Gasteiger partial charge >= 0.3 is 0 Å². The summed E-state index contributed by atoms with van der Waals surface area (Å²) in [5.74, 6) is 2.15. The van der Waals surface area contributed by atoms with Crippen LogP contribution in [-0.4, -0.2) is 56.0 Å². The van der Waals surface area contributed by atoms with Crippen molar-refractivity contribution in [2.45, 2.75) is 44.9 Å². The molecule has 2 atom stereocenters. The molecule has 0 aliphatic carbocycles. The largest absolute Gasteiger partial charge is 0.488 e. The number of morpholine rings is 1. The van der Waals surface area contributed by atoms with Crippen LogP contribution in [0.4, 0.5) is 11.6 Å². The van der Waals surface area contributed by atoms with Crippen LogP contribution in [0, 0.1) is 13.8 Å². The third-order valence-electron chi connectivity index (χ3n) is 6.33. The molecule has 4 aromatic rings. The summed E-state index contributed by atoms with van der Waals surface area (Å²) in [6.07, 6.45) is 9.20. The first-order chi connectivity index (χ1) is 16.6. The van der Waals surface area contributed by atoms with E-state index in [9.17, 15) is 0 Å². The Hall–Kier alpha value is -3.56. The highest BCUT2D eigenvalue weighted by Gasteiger charge is 2.33. The molecule has 2 bridgehead atoms. The van der Waals surface area contributed by atoms with Crippen LogP contribution in [0.3, 0.4) is 0 Å². The van der Waals surface area contributed by atoms with E-state index in [1.165, 1.54) is 0 Å². The summed E-state index contributed by atoms with van der Waals surface area (Å²) in [7, 11) is 0. The van der Waals surface area contributed by atoms with E-state index in [1.54, 1.807) is 12.4 Å². The Morgan fingerprint density at radius 2 is 1.79 bits per heavy atom. The van der Waals surface area contributed by atoms with Crippen molar-refractivity contribution in [3.8, 4) is 16.9 Å². The maximum Gasteiger partial charge on any atom is 0.154 e. The Morgan fingerprint density at radius 1 is 0.971 bits per heavy atom. The van der Waals surface area contributed by atoms with Crippen molar-refractivity contribution in [2.24, 2.45) is 0 Å². The molecule has 2 aliphatic rings. The van der Waals surface area contributed by atoms with E-state index in [1.807, 2.05) is 42.9 Å². The minimum atomic E-state index is 0.130. The normalized spacial score (nSPS) is 22.0. The first-order valence-electron chi connectivity index (χ1n) is 11.6. The fourth-order valence-corrected chi connectivity index (χ4v) is 4.81. The summed E-state index contributed by atoms with van der Waals surface area (Å²) in [5.41, 5.74) is 4.83. The van der Waals surface area contributed by atoms with Crippen LogP contribution < -0.4 is 15.4 Å². The highest BCUT2D eigenvalue weighted by molar-refractivity contribution is 5.85. The Balaban J connectivity index is 1.33. The van der Waals surface area contributed by atoms with Gasteiger partial charge in [-0.1, -0.05) is 6.07 Å². The monoisotopic (exact) mass is 457 g/mol. The summed E-state index contributed by atoms with van der Waals surface area (Å²) in [6.45, 7) is 5.39. The number of aryl methyl sites for hydroxylation is 2. The summed E-state index contributed by atoms with van der Waals surface area (Å²) in [6, 6.07) is 8.88. The SMILES string of the molecule is Cc1cnc(Nc2cc3c(-c4cc(C)ncc4OC4CC5COCC(C4)N5)cccn3n2)cn1. The van der Waals surface area contributed by atoms with Gasteiger partial charge in [0.25, 0.3) is 0 Å². The maximum absolute atomic E-state index is 6.57. The van der Waals surface area contributed by atoms with Crippen molar-refractivity contribution in [3.05, 3.63) is 60.4 Å². The van der Waals surface area contributed by atoms with Gasteiger partial charge in [-0.05, 0) is 26.0 Å². The molecular weight excluding hydrogens is 430 g/mol. The lowest BCUT2D eigenvalue weighted by Gasteiger charge is -2.40. The number of ether oxygens (including phenoxy) is 2. The molecule has 174 valence electrons. The molecule has 2 unspecified atom stereocenters. The predicted octanol–water partition coefficient (Wildman–Crippen LogP) is 3.44. The lowest BCUT2D eigenvalue weighted by atomic mass is 9.94. The van der Waals surface area contributed by atoms with Crippen molar-refractivity contribution in [3.63, 3.8) is 0 Å². The average molecular weight is 458 g/mol. The highest BCUT2D eigenvalue weighted by Crippen LogP contribution is 2.36. The van der Waals surface area contributed by atoms with Gasteiger partial charge in [-0.25, -0.2) is 9.50 Å². The van der Waals surface area contributed by atoms with E-state index in [2.05, 4.69) is 42.8 Å². The summed E-state index contributed by atoms with van der Waals surface area (Å²) < 4.78 is 14.1. The first-order valence-corrected chi connectivity index (χ1v) is 11.6. The van der Waals surface area contributed by atoms with Crippen LogP contribution in [0.1, 0.15) is 24.2 Å². The zero-order valence-electron chi connectivity index (χ0n) is 19.2. The molecule has 9 heteroatoms. The van der Waals surface area contributed by atoms with Crippen LogP contribution in [-0.2, 0) is 4.74 Å². The van der Waals surface area contributed by atoms with Crippen molar-refractivity contribution in [2.75, 3.05) is 18.5 Å². The quantitative estimate of drug-likeness (QED) is 0.470. The minimum absolute atomic E-state index is 0.130. The molecule has 0 saturated carbocycles. The molecular formula is C25H27N7O2. The second-order valence-electron chi connectivity index (χ2n) is 9.08. The molecule has 0 radical (unpaired) electrons. The molecule has 2 aliphatic heterocycles. The second-order valence-corrected chi connectivity index (χ2v) is 9.08. The number of rotatable bonds is 5. The number of aromatic nitrogens is 5. The second kappa shape index (κ2) is 8.66. The third-order valence-corrected chi connectivity index (χ3v) is 6.33. The number of fused-ring (bicyclic) bond motifs is 3. The molecule has 6 rings (SSSR count). The molecule has 34 heavy (non-hydrogen) atoms. The average Bonchev–Trinajstić information content (AvgIpc) is 3.24. The number of hydrogen-bond acceptors (Lipinski definition) is 8. The number of piperidine rings is 1. The van der Waals surface area contributed by atoms with Crippen LogP contribution in [0.25, 0.3) is 16.6 Å². The van der Waals surface area contributed by atoms with Crippen molar-refractivity contribution < 1.29 is 9.47 Å². The zero-order valence-corrected chi connectivity index (χ0v) is 19.2. The van der Waals surface area contributed by atoms with E-state index in [0.29, 0.717) is 23.7 Å². The number of nitrogens with zero attached hydrogens (tertiary/aromatic N) is 5. The van der Waals surface area contributed by atoms with Gasteiger partial charge in [0, 0.05) is 54.0 Å². The number of pyridine rings is 2. The van der Waals surface area contributed by atoms with Gasteiger partial charge in [-0.15, -0.1) is 0 Å². The number of anilines is 2. The van der Waals surface area contributed by atoms with E-state index < -0.39 is 0 Å². The molecule has 0 amide bonds. The highest BCUT2D eigenvalue weighted by atomic mass is 16.5. The van der Waals surface area contributed by atoms with Gasteiger partial charge in [-0.3, -0.25) is 9.97 Å².